The van der Waals surface area contributed by atoms with Crippen LogP contribution in [-0.4, -0.2) is 37.0 Å². The van der Waals surface area contributed by atoms with E-state index in [2.05, 4.69) is 10.6 Å². The topological polar surface area (TPSA) is 111 Å². The summed E-state index contributed by atoms with van der Waals surface area (Å²) in [7, 11) is 0. The van der Waals surface area contributed by atoms with Gasteiger partial charge in [-0.15, -0.1) is 11.3 Å². The molecule has 0 saturated heterocycles. The summed E-state index contributed by atoms with van der Waals surface area (Å²) in [6.07, 6.45) is 0. The van der Waals surface area contributed by atoms with Crippen LogP contribution in [0.1, 0.15) is 46.4 Å². The van der Waals surface area contributed by atoms with E-state index in [-0.39, 0.29) is 28.0 Å². The second-order valence-corrected chi connectivity index (χ2v) is 7.63. The number of ether oxygens (including phenoxy) is 2. The SMILES string of the molecule is CCOC(=O)c1c(NC(=O)COC(=O)C(C)C)sc(C(=O)Nc2ccccc2)c1C. The van der Waals surface area contributed by atoms with Crippen LogP contribution < -0.4 is 10.6 Å². The van der Waals surface area contributed by atoms with E-state index < -0.39 is 30.4 Å². The Morgan fingerprint density at radius 1 is 1.03 bits per heavy atom. The predicted molar refractivity (Wildman–Crippen MR) is 114 cm³/mol. The summed E-state index contributed by atoms with van der Waals surface area (Å²) in [6, 6.07) is 8.86. The van der Waals surface area contributed by atoms with Gasteiger partial charge < -0.3 is 20.1 Å². The molecular formula is C21H24N2O6S. The van der Waals surface area contributed by atoms with Gasteiger partial charge in [0.15, 0.2) is 6.61 Å². The summed E-state index contributed by atoms with van der Waals surface area (Å²) >= 11 is 0.951. The van der Waals surface area contributed by atoms with Gasteiger partial charge in [0.25, 0.3) is 11.8 Å². The zero-order chi connectivity index (χ0) is 22.3. The van der Waals surface area contributed by atoms with Gasteiger partial charge in [-0.2, -0.15) is 0 Å². The number of nitrogens with one attached hydrogen (secondary N) is 2. The molecule has 30 heavy (non-hydrogen) atoms. The van der Waals surface area contributed by atoms with Gasteiger partial charge in [0.05, 0.1) is 23.0 Å². The van der Waals surface area contributed by atoms with E-state index in [9.17, 15) is 19.2 Å². The quantitative estimate of drug-likeness (QED) is 0.617. The molecule has 0 bridgehead atoms. The van der Waals surface area contributed by atoms with Crippen LogP contribution in [0, 0.1) is 12.8 Å². The molecule has 1 aromatic heterocycles. The third kappa shape index (κ3) is 5.90. The van der Waals surface area contributed by atoms with Crippen LogP contribution in [0.25, 0.3) is 0 Å². The standard InChI is InChI=1S/C21H24N2O6S/c1-5-28-21(27)16-13(4)17(18(25)22-14-9-7-6-8-10-14)30-19(16)23-15(24)11-29-20(26)12(2)3/h6-10,12H,5,11H2,1-4H3,(H,22,25)(H,23,24). The number of hydrogen-bond donors (Lipinski definition) is 2. The number of hydrogen-bond acceptors (Lipinski definition) is 7. The van der Waals surface area contributed by atoms with Crippen LogP contribution >= 0.6 is 11.3 Å². The number of esters is 2. The van der Waals surface area contributed by atoms with Crippen LogP contribution in [0.4, 0.5) is 10.7 Å². The highest BCUT2D eigenvalue weighted by molar-refractivity contribution is 7.18. The summed E-state index contributed by atoms with van der Waals surface area (Å²) in [5, 5.41) is 5.46. The highest BCUT2D eigenvalue weighted by atomic mass is 32.1. The number of para-hydroxylation sites is 1. The Morgan fingerprint density at radius 3 is 2.30 bits per heavy atom. The maximum Gasteiger partial charge on any atom is 0.341 e. The van der Waals surface area contributed by atoms with Gasteiger partial charge in [-0.3, -0.25) is 14.4 Å². The van der Waals surface area contributed by atoms with Crippen molar-refractivity contribution in [1.29, 1.82) is 0 Å². The van der Waals surface area contributed by atoms with Crippen molar-refractivity contribution in [3.63, 3.8) is 0 Å². The maximum absolute atomic E-state index is 12.7. The molecule has 0 aliphatic heterocycles. The lowest BCUT2D eigenvalue weighted by Crippen LogP contribution is -2.23. The number of thiophene rings is 1. The molecule has 0 atom stereocenters. The molecule has 2 amide bonds. The molecule has 1 heterocycles. The number of anilines is 2. The summed E-state index contributed by atoms with van der Waals surface area (Å²) < 4.78 is 9.98. The van der Waals surface area contributed by atoms with Crippen LogP contribution in [0.15, 0.2) is 30.3 Å². The molecule has 0 spiro atoms. The fourth-order valence-electron chi connectivity index (χ4n) is 2.44. The van der Waals surface area contributed by atoms with Gasteiger partial charge in [0, 0.05) is 5.69 Å². The van der Waals surface area contributed by atoms with E-state index >= 15 is 0 Å². The van der Waals surface area contributed by atoms with Crippen molar-refractivity contribution in [2.24, 2.45) is 5.92 Å². The number of benzene rings is 1. The second-order valence-electron chi connectivity index (χ2n) is 6.61. The van der Waals surface area contributed by atoms with Crippen molar-refractivity contribution in [2.45, 2.75) is 27.7 Å². The highest BCUT2D eigenvalue weighted by Gasteiger charge is 2.27. The minimum atomic E-state index is -0.653. The van der Waals surface area contributed by atoms with E-state index in [1.165, 1.54) is 0 Å². The number of rotatable bonds is 8. The molecular weight excluding hydrogens is 408 g/mol. The van der Waals surface area contributed by atoms with Gasteiger partial charge in [-0.1, -0.05) is 32.0 Å². The molecule has 2 aromatic rings. The Hall–Kier alpha value is -3.20. The Labute approximate surface area is 178 Å². The molecule has 0 fully saturated rings. The van der Waals surface area contributed by atoms with Gasteiger partial charge in [-0.05, 0) is 31.5 Å². The Bertz CT molecular complexity index is 936. The Balaban J connectivity index is 2.26. The molecule has 0 saturated carbocycles. The van der Waals surface area contributed by atoms with Crippen molar-refractivity contribution in [3.05, 3.63) is 46.3 Å². The van der Waals surface area contributed by atoms with E-state index in [0.717, 1.165) is 11.3 Å². The van der Waals surface area contributed by atoms with Crippen molar-refractivity contribution in [3.8, 4) is 0 Å². The fraction of sp³-hybridized carbons (Fsp3) is 0.333. The van der Waals surface area contributed by atoms with Crippen molar-refractivity contribution in [1.82, 2.24) is 0 Å². The molecule has 160 valence electrons. The minimum absolute atomic E-state index is 0.101. The molecule has 2 rings (SSSR count). The van der Waals surface area contributed by atoms with E-state index in [1.54, 1.807) is 52.0 Å². The molecule has 0 aliphatic carbocycles. The molecule has 2 N–H and O–H groups in total. The summed E-state index contributed by atoms with van der Waals surface area (Å²) in [5.41, 5.74) is 1.09. The average Bonchev–Trinajstić information content (AvgIpc) is 3.02. The van der Waals surface area contributed by atoms with Crippen LogP contribution in [0.2, 0.25) is 0 Å². The number of carbonyl (C=O) groups is 4. The van der Waals surface area contributed by atoms with E-state index in [0.29, 0.717) is 11.3 Å². The maximum atomic E-state index is 12.7. The lowest BCUT2D eigenvalue weighted by atomic mass is 10.1. The summed E-state index contributed by atoms with van der Waals surface area (Å²) in [5.74, 6) is -2.57. The number of amides is 2. The first-order chi connectivity index (χ1) is 14.2. The minimum Gasteiger partial charge on any atom is -0.462 e. The van der Waals surface area contributed by atoms with Gasteiger partial charge in [0.1, 0.15) is 5.00 Å². The Morgan fingerprint density at radius 2 is 1.70 bits per heavy atom. The summed E-state index contributed by atoms with van der Waals surface area (Å²) in [6.45, 7) is 6.21. The predicted octanol–water partition coefficient (Wildman–Crippen LogP) is 3.62. The van der Waals surface area contributed by atoms with E-state index in [1.807, 2.05) is 6.07 Å². The first-order valence-corrected chi connectivity index (χ1v) is 10.2. The van der Waals surface area contributed by atoms with Gasteiger partial charge >= 0.3 is 11.9 Å². The average molecular weight is 432 g/mol. The monoisotopic (exact) mass is 432 g/mol. The molecule has 0 aliphatic rings. The van der Waals surface area contributed by atoms with Crippen LogP contribution in [0.3, 0.4) is 0 Å². The normalized spacial score (nSPS) is 10.4. The fourth-order valence-corrected chi connectivity index (χ4v) is 3.55. The zero-order valence-corrected chi connectivity index (χ0v) is 18.1. The molecule has 0 unspecified atom stereocenters. The number of carbonyl (C=O) groups excluding carboxylic acids is 4. The van der Waals surface area contributed by atoms with Crippen LogP contribution in [0.5, 0.6) is 0 Å². The first-order valence-electron chi connectivity index (χ1n) is 9.38. The largest absolute Gasteiger partial charge is 0.462 e. The highest BCUT2D eigenvalue weighted by Crippen LogP contribution is 2.34. The first kappa shape index (κ1) is 23.1. The second kappa shape index (κ2) is 10.5. The molecule has 0 radical (unpaired) electrons. The Kier molecular flexibility index (Phi) is 8.11. The van der Waals surface area contributed by atoms with Gasteiger partial charge in [-0.25, -0.2) is 4.79 Å². The van der Waals surface area contributed by atoms with Crippen molar-refractivity contribution >= 4 is 45.8 Å². The molecule has 9 heteroatoms. The van der Waals surface area contributed by atoms with Crippen molar-refractivity contribution < 1.29 is 28.7 Å². The lowest BCUT2D eigenvalue weighted by molar-refractivity contribution is -0.150. The zero-order valence-electron chi connectivity index (χ0n) is 17.2. The lowest BCUT2D eigenvalue weighted by Gasteiger charge is -2.08. The third-order valence-corrected chi connectivity index (χ3v) is 5.14. The summed E-state index contributed by atoms with van der Waals surface area (Å²) in [4.78, 5) is 49.2. The molecule has 8 nitrogen and oxygen atoms in total. The third-order valence-electron chi connectivity index (χ3n) is 3.93. The smallest absolute Gasteiger partial charge is 0.341 e. The molecule has 1 aromatic carbocycles. The van der Waals surface area contributed by atoms with E-state index in [4.69, 9.17) is 9.47 Å². The van der Waals surface area contributed by atoms with Crippen molar-refractivity contribution in [2.75, 3.05) is 23.8 Å². The van der Waals surface area contributed by atoms with Crippen LogP contribution in [-0.2, 0) is 19.1 Å². The van der Waals surface area contributed by atoms with Gasteiger partial charge in [0.2, 0.25) is 0 Å².